The largest absolute Gasteiger partial charge is 0.294 e. The van der Waals surface area contributed by atoms with Gasteiger partial charge in [0, 0.05) is 55.3 Å². The molecule has 0 saturated carbocycles. The summed E-state index contributed by atoms with van der Waals surface area (Å²) in [5.74, 6) is 0.430. The van der Waals surface area contributed by atoms with Crippen molar-refractivity contribution in [3.05, 3.63) is 53.1 Å². The van der Waals surface area contributed by atoms with Gasteiger partial charge in [0.2, 0.25) is 5.95 Å². The molecular formula is C14H15FN4. The van der Waals surface area contributed by atoms with Gasteiger partial charge in [-0.3, -0.25) is 4.90 Å². The van der Waals surface area contributed by atoms with Crippen LogP contribution in [-0.4, -0.2) is 26.4 Å². The third-order valence-electron chi connectivity index (χ3n) is 3.36. The Labute approximate surface area is 111 Å². The Bertz CT molecular complexity index is 600. The maximum absolute atomic E-state index is 13.5. The highest BCUT2D eigenvalue weighted by atomic mass is 19.1. The minimum Gasteiger partial charge on any atom is -0.294 e. The number of hydrogen-bond acceptors (Lipinski definition) is 4. The zero-order chi connectivity index (χ0) is 13.2. The first-order valence-electron chi connectivity index (χ1n) is 6.35. The lowest BCUT2D eigenvalue weighted by atomic mass is 10.1. The molecule has 1 aliphatic heterocycles. The first-order valence-corrected chi connectivity index (χ1v) is 6.35. The number of aryl methyl sites for hydroxylation is 1. The molecule has 2 aromatic rings. The van der Waals surface area contributed by atoms with E-state index in [0.29, 0.717) is 12.1 Å². The van der Waals surface area contributed by atoms with Crippen molar-refractivity contribution in [3.8, 4) is 0 Å². The fraction of sp³-hybridized carbons (Fsp3) is 0.357. The fourth-order valence-corrected chi connectivity index (χ4v) is 2.39. The van der Waals surface area contributed by atoms with Crippen LogP contribution in [0.25, 0.3) is 0 Å². The van der Waals surface area contributed by atoms with Crippen molar-refractivity contribution in [2.75, 3.05) is 6.54 Å². The van der Waals surface area contributed by atoms with Gasteiger partial charge in [0.15, 0.2) is 0 Å². The Morgan fingerprint density at radius 3 is 3.11 bits per heavy atom. The van der Waals surface area contributed by atoms with Crippen LogP contribution in [-0.2, 0) is 19.5 Å². The van der Waals surface area contributed by atoms with E-state index in [-0.39, 0.29) is 5.95 Å². The highest BCUT2D eigenvalue weighted by Crippen LogP contribution is 2.18. The quantitative estimate of drug-likeness (QED) is 0.771. The van der Waals surface area contributed by atoms with E-state index in [1.165, 1.54) is 6.20 Å². The molecule has 3 heterocycles. The molecule has 0 aromatic carbocycles. The average molecular weight is 258 g/mol. The van der Waals surface area contributed by atoms with Crippen molar-refractivity contribution in [2.45, 2.75) is 26.4 Å². The average Bonchev–Trinajstić information content (AvgIpc) is 2.41. The van der Waals surface area contributed by atoms with Gasteiger partial charge in [0.1, 0.15) is 5.82 Å². The summed E-state index contributed by atoms with van der Waals surface area (Å²) in [5.41, 5.74) is 2.90. The molecular weight excluding hydrogens is 243 g/mol. The van der Waals surface area contributed by atoms with Gasteiger partial charge < -0.3 is 0 Å². The van der Waals surface area contributed by atoms with Gasteiger partial charge in [0.25, 0.3) is 0 Å². The van der Waals surface area contributed by atoms with Crippen LogP contribution in [0.4, 0.5) is 4.39 Å². The second kappa shape index (κ2) is 5.01. The number of pyridine rings is 1. The Morgan fingerprint density at radius 1 is 1.37 bits per heavy atom. The summed E-state index contributed by atoms with van der Waals surface area (Å²) in [7, 11) is 0. The van der Waals surface area contributed by atoms with E-state index in [2.05, 4.69) is 19.9 Å². The number of aromatic nitrogens is 3. The molecule has 0 bridgehead atoms. The molecule has 0 saturated heterocycles. The first-order chi connectivity index (χ1) is 9.22. The number of hydrogen-bond donors (Lipinski definition) is 0. The summed E-state index contributed by atoms with van der Waals surface area (Å²) in [6.45, 7) is 4.13. The van der Waals surface area contributed by atoms with E-state index in [0.717, 1.165) is 36.6 Å². The normalized spacial score (nSPS) is 15.3. The first kappa shape index (κ1) is 12.2. The zero-order valence-corrected chi connectivity index (χ0v) is 10.8. The van der Waals surface area contributed by atoms with Crippen molar-refractivity contribution in [1.82, 2.24) is 19.9 Å². The summed E-state index contributed by atoms with van der Waals surface area (Å²) in [6, 6.07) is 3.55. The van der Waals surface area contributed by atoms with Crippen LogP contribution >= 0.6 is 0 Å². The topological polar surface area (TPSA) is 41.9 Å². The molecule has 1 aliphatic rings. The van der Waals surface area contributed by atoms with E-state index in [4.69, 9.17) is 0 Å². The van der Waals surface area contributed by atoms with Gasteiger partial charge in [-0.2, -0.15) is 4.39 Å². The summed E-state index contributed by atoms with van der Waals surface area (Å²) in [4.78, 5) is 14.6. The Balaban J connectivity index is 1.76. The zero-order valence-electron chi connectivity index (χ0n) is 10.8. The molecule has 0 fully saturated rings. The second-order valence-electron chi connectivity index (χ2n) is 4.80. The second-order valence-corrected chi connectivity index (χ2v) is 4.80. The van der Waals surface area contributed by atoms with Crippen molar-refractivity contribution >= 4 is 0 Å². The van der Waals surface area contributed by atoms with Gasteiger partial charge in [-0.25, -0.2) is 15.0 Å². The molecule has 0 unspecified atom stereocenters. The summed E-state index contributed by atoms with van der Waals surface area (Å²) >= 11 is 0. The summed E-state index contributed by atoms with van der Waals surface area (Å²) < 4.78 is 13.5. The van der Waals surface area contributed by atoms with Crippen LogP contribution in [0.2, 0.25) is 0 Å². The highest BCUT2D eigenvalue weighted by Gasteiger charge is 2.19. The van der Waals surface area contributed by atoms with Crippen molar-refractivity contribution < 1.29 is 4.39 Å². The molecule has 19 heavy (non-hydrogen) atoms. The fourth-order valence-electron chi connectivity index (χ4n) is 2.39. The standard InChI is InChI=1S/C14H15FN4/c1-10-17-7-12-9-19(6-4-13(12)18-10)8-11-3-2-5-16-14(11)15/h2-3,5,7H,4,6,8-9H2,1H3. The molecule has 0 radical (unpaired) electrons. The lowest BCUT2D eigenvalue weighted by molar-refractivity contribution is 0.238. The Kier molecular flexibility index (Phi) is 3.21. The molecule has 2 aromatic heterocycles. The van der Waals surface area contributed by atoms with Gasteiger partial charge in [-0.15, -0.1) is 0 Å². The van der Waals surface area contributed by atoms with Crippen molar-refractivity contribution in [2.24, 2.45) is 0 Å². The van der Waals surface area contributed by atoms with Gasteiger partial charge >= 0.3 is 0 Å². The van der Waals surface area contributed by atoms with Crippen LogP contribution in [0.3, 0.4) is 0 Å². The molecule has 0 amide bonds. The van der Waals surface area contributed by atoms with E-state index in [1.54, 1.807) is 12.1 Å². The van der Waals surface area contributed by atoms with Gasteiger partial charge in [-0.1, -0.05) is 6.07 Å². The van der Waals surface area contributed by atoms with E-state index >= 15 is 0 Å². The minimum atomic E-state index is -0.381. The predicted molar refractivity (Wildman–Crippen MR) is 68.8 cm³/mol. The van der Waals surface area contributed by atoms with Crippen LogP contribution in [0, 0.1) is 12.9 Å². The van der Waals surface area contributed by atoms with E-state index in [1.807, 2.05) is 13.1 Å². The SMILES string of the molecule is Cc1ncc2c(n1)CCN(Cc1cccnc1F)C2. The lowest BCUT2D eigenvalue weighted by Crippen LogP contribution is -2.31. The number of rotatable bonds is 2. The van der Waals surface area contributed by atoms with Crippen LogP contribution in [0.15, 0.2) is 24.5 Å². The molecule has 0 N–H and O–H groups in total. The third-order valence-corrected chi connectivity index (χ3v) is 3.36. The van der Waals surface area contributed by atoms with Gasteiger partial charge in [0.05, 0.1) is 0 Å². The smallest absolute Gasteiger partial charge is 0.217 e. The maximum atomic E-state index is 13.5. The number of nitrogens with zero attached hydrogens (tertiary/aromatic N) is 4. The Morgan fingerprint density at radius 2 is 2.26 bits per heavy atom. The van der Waals surface area contributed by atoms with Crippen molar-refractivity contribution in [1.29, 1.82) is 0 Å². The molecule has 3 rings (SSSR count). The monoisotopic (exact) mass is 258 g/mol. The molecule has 98 valence electrons. The summed E-state index contributed by atoms with van der Waals surface area (Å²) in [6.07, 6.45) is 4.24. The predicted octanol–water partition coefficient (Wildman–Crippen LogP) is 1.88. The van der Waals surface area contributed by atoms with Crippen LogP contribution in [0.1, 0.15) is 22.6 Å². The number of fused-ring (bicyclic) bond motifs is 1. The third kappa shape index (κ3) is 2.61. The molecule has 4 nitrogen and oxygen atoms in total. The van der Waals surface area contributed by atoms with Crippen molar-refractivity contribution in [3.63, 3.8) is 0 Å². The molecule has 5 heteroatoms. The van der Waals surface area contributed by atoms with Crippen LogP contribution in [0.5, 0.6) is 0 Å². The van der Waals surface area contributed by atoms with Crippen LogP contribution < -0.4 is 0 Å². The minimum absolute atomic E-state index is 0.381. The van der Waals surface area contributed by atoms with E-state index in [9.17, 15) is 4.39 Å². The van der Waals surface area contributed by atoms with E-state index < -0.39 is 0 Å². The number of halogens is 1. The Hall–Kier alpha value is -1.88. The highest BCUT2D eigenvalue weighted by molar-refractivity contribution is 5.21. The van der Waals surface area contributed by atoms with Gasteiger partial charge in [-0.05, 0) is 13.0 Å². The maximum Gasteiger partial charge on any atom is 0.217 e. The molecule has 0 aliphatic carbocycles. The summed E-state index contributed by atoms with van der Waals surface area (Å²) in [5, 5.41) is 0. The molecule has 0 atom stereocenters. The lowest BCUT2D eigenvalue weighted by Gasteiger charge is -2.27. The molecule has 0 spiro atoms.